The van der Waals surface area contributed by atoms with Crippen molar-refractivity contribution in [3.63, 3.8) is 0 Å². The molecule has 15 heavy (non-hydrogen) atoms. The van der Waals surface area contributed by atoms with Gasteiger partial charge in [-0.25, -0.2) is 4.98 Å². The third-order valence-corrected chi connectivity index (χ3v) is 2.33. The van der Waals surface area contributed by atoms with Crippen molar-refractivity contribution >= 4 is 5.82 Å². The van der Waals surface area contributed by atoms with Gasteiger partial charge in [0.1, 0.15) is 0 Å². The summed E-state index contributed by atoms with van der Waals surface area (Å²) in [5, 5.41) is 11.9. The fraction of sp³-hybridized carbons (Fsp3) is 0.600. The van der Waals surface area contributed by atoms with E-state index in [-0.39, 0.29) is 18.2 Å². The molecule has 0 aliphatic carbocycles. The van der Waals surface area contributed by atoms with Crippen LogP contribution in [0.5, 0.6) is 0 Å². The third-order valence-electron chi connectivity index (χ3n) is 2.33. The first kappa shape index (κ1) is 11.7. The van der Waals surface area contributed by atoms with Gasteiger partial charge in [0.15, 0.2) is 5.82 Å². The molecule has 1 rings (SSSR count). The Bertz CT molecular complexity index is 362. The van der Waals surface area contributed by atoms with Crippen molar-refractivity contribution in [1.29, 1.82) is 0 Å². The molecule has 0 bridgehead atoms. The van der Waals surface area contributed by atoms with Crippen molar-refractivity contribution in [1.82, 2.24) is 9.55 Å². The summed E-state index contributed by atoms with van der Waals surface area (Å²) in [7, 11) is 1.68. The van der Waals surface area contributed by atoms with Crippen molar-refractivity contribution in [2.24, 2.45) is 7.05 Å². The molecule has 0 spiro atoms. The maximum Gasteiger partial charge on any atom is 0.293 e. The van der Waals surface area contributed by atoms with Gasteiger partial charge in [-0.05, 0) is 12.8 Å². The van der Waals surface area contributed by atoms with E-state index in [1.165, 1.54) is 4.57 Å². The number of hydrogen-bond acceptors (Lipinski definition) is 4. The molecule has 0 aromatic carbocycles. The summed E-state index contributed by atoms with van der Waals surface area (Å²) in [6, 6.07) is 0.0950. The average Bonchev–Trinajstić information content (AvgIpc) is 2.24. The zero-order valence-electron chi connectivity index (χ0n) is 9.10. The Kier molecular flexibility index (Phi) is 4.30. The summed E-state index contributed by atoms with van der Waals surface area (Å²) in [6.45, 7) is 2.11. The second kappa shape index (κ2) is 5.50. The number of rotatable bonds is 5. The van der Waals surface area contributed by atoms with E-state index in [0.29, 0.717) is 12.2 Å². The number of nitrogens with zero attached hydrogens (tertiary/aromatic N) is 2. The van der Waals surface area contributed by atoms with Crippen molar-refractivity contribution in [2.45, 2.75) is 25.8 Å². The number of anilines is 1. The molecular weight excluding hydrogens is 194 g/mol. The highest BCUT2D eigenvalue weighted by atomic mass is 16.3. The quantitative estimate of drug-likeness (QED) is 0.737. The molecule has 1 aromatic rings. The zero-order valence-corrected chi connectivity index (χ0v) is 9.10. The summed E-state index contributed by atoms with van der Waals surface area (Å²) < 4.78 is 1.47. The molecule has 1 heterocycles. The van der Waals surface area contributed by atoms with E-state index in [4.69, 9.17) is 5.11 Å². The van der Waals surface area contributed by atoms with Crippen LogP contribution in [0.4, 0.5) is 5.82 Å². The highest BCUT2D eigenvalue weighted by molar-refractivity contribution is 5.31. The smallest absolute Gasteiger partial charge is 0.293 e. The second-order valence-corrected chi connectivity index (χ2v) is 3.45. The monoisotopic (exact) mass is 211 g/mol. The number of hydrogen-bond donors (Lipinski definition) is 2. The summed E-state index contributed by atoms with van der Waals surface area (Å²) in [5.41, 5.74) is -0.145. The molecule has 2 N–H and O–H groups in total. The lowest BCUT2D eigenvalue weighted by atomic mass is 10.1. The minimum Gasteiger partial charge on any atom is -0.396 e. The second-order valence-electron chi connectivity index (χ2n) is 3.45. The molecule has 84 valence electrons. The number of aryl methyl sites for hydroxylation is 1. The Morgan fingerprint density at radius 2 is 2.40 bits per heavy atom. The Morgan fingerprint density at radius 1 is 1.67 bits per heavy atom. The van der Waals surface area contributed by atoms with Crippen LogP contribution in [-0.4, -0.2) is 27.3 Å². The van der Waals surface area contributed by atoms with Crippen molar-refractivity contribution in [2.75, 3.05) is 11.9 Å². The van der Waals surface area contributed by atoms with Gasteiger partial charge < -0.3 is 15.0 Å². The van der Waals surface area contributed by atoms with Gasteiger partial charge >= 0.3 is 0 Å². The number of aromatic nitrogens is 2. The normalized spacial score (nSPS) is 12.5. The first-order chi connectivity index (χ1) is 7.19. The number of aliphatic hydroxyl groups is 1. The van der Waals surface area contributed by atoms with Crippen LogP contribution in [0.25, 0.3) is 0 Å². The van der Waals surface area contributed by atoms with E-state index in [2.05, 4.69) is 10.3 Å². The van der Waals surface area contributed by atoms with E-state index in [0.717, 1.165) is 6.42 Å². The first-order valence-corrected chi connectivity index (χ1v) is 5.08. The van der Waals surface area contributed by atoms with Gasteiger partial charge in [0.2, 0.25) is 0 Å². The standard InChI is InChI=1S/C10H17N3O2/c1-3-8(4-7-14)12-9-10(15)13(2)6-5-11-9/h5-6,8,14H,3-4,7H2,1-2H3,(H,11,12). The minimum absolute atomic E-state index is 0.0950. The van der Waals surface area contributed by atoms with Crippen molar-refractivity contribution in [3.05, 3.63) is 22.7 Å². The summed E-state index contributed by atoms with van der Waals surface area (Å²) in [5.74, 6) is 0.348. The summed E-state index contributed by atoms with van der Waals surface area (Å²) in [6.07, 6.45) is 4.66. The maximum absolute atomic E-state index is 11.6. The predicted octanol–water partition coefficient (Wildman–Crippen LogP) is 0.353. The topological polar surface area (TPSA) is 67.2 Å². The fourth-order valence-corrected chi connectivity index (χ4v) is 1.32. The van der Waals surface area contributed by atoms with E-state index < -0.39 is 0 Å². The SMILES string of the molecule is CCC(CCO)Nc1nccn(C)c1=O. The van der Waals surface area contributed by atoms with E-state index >= 15 is 0 Å². The van der Waals surface area contributed by atoms with Crippen LogP contribution in [0.15, 0.2) is 17.2 Å². The molecule has 0 saturated carbocycles. The molecule has 0 amide bonds. The highest BCUT2D eigenvalue weighted by Crippen LogP contribution is 2.03. The van der Waals surface area contributed by atoms with Crippen LogP contribution in [-0.2, 0) is 7.05 Å². The van der Waals surface area contributed by atoms with Gasteiger partial charge in [-0.2, -0.15) is 0 Å². The van der Waals surface area contributed by atoms with Gasteiger partial charge in [0, 0.05) is 32.1 Å². The molecular formula is C10H17N3O2. The zero-order chi connectivity index (χ0) is 11.3. The molecule has 0 fully saturated rings. The van der Waals surface area contributed by atoms with Gasteiger partial charge in [-0.15, -0.1) is 0 Å². The molecule has 0 aliphatic heterocycles. The molecule has 5 nitrogen and oxygen atoms in total. The molecule has 1 unspecified atom stereocenters. The first-order valence-electron chi connectivity index (χ1n) is 5.08. The van der Waals surface area contributed by atoms with Crippen LogP contribution < -0.4 is 10.9 Å². The minimum atomic E-state index is -0.145. The van der Waals surface area contributed by atoms with Crippen molar-refractivity contribution < 1.29 is 5.11 Å². The summed E-state index contributed by atoms with van der Waals surface area (Å²) >= 11 is 0. The molecule has 0 aliphatic rings. The van der Waals surface area contributed by atoms with Gasteiger partial charge in [-0.3, -0.25) is 4.79 Å². The lowest BCUT2D eigenvalue weighted by molar-refractivity contribution is 0.278. The average molecular weight is 211 g/mol. The maximum atomic E-state index is 11.6. The lowest BCUT2D eigenvalue weighted by Crippen LogP contribution is -2.28. The molecule has 0 radical (unpaired) electrons. The third kappa shape index (κ3) is 3.06. The van der Waals surface area contributed by atoms with E-state index in [9.17, 15) is 4.79 Å². The van der Waals surface area contributed by atoms with E-state index in [1.807, 2.05) is 6.92 Å². The van der Waals surface area contributed by atoms with E-state index in [1.54, 1.807) is 19.4 Å². The van der Waals surface area contributed by atoms with Gasteiger partial charge in [0.05, 0.1) is 0 Å². The Labute approximate surface area is 88.8 Å². The fourth-order valence-electron chi connectivity index (χ4n) is 1.32. The molecule has 5 heteroatoms. The van der Waals surface area contributed by atoms with Crippen LogP contribution in [0.3, 0.4) is 0 Å². The molecule has 1 atom stereocenters. The Morgan fingerprint density at radius 3 is 3.00 bits per heavy atom. The van der Waals surface area contributed by atoms with Crippen LogP contribution in [0, 0.1) is 0 Å². The lowest BCUT2D eigenvalue weighted by Gasteiger charge is -2.15. The van der Waals surface area contributed by atoms with Crippen LogP contribution in [0.1, 0.15) is 19.8 Å². The number of aliphatic hydroxyl groups excluding tert-OH is 1. The largest absolute Gasteiger partial charge is 0.396 e. The summed E-state index contributed by atoms with van der Waals surface area (Å²) in [4.78, 5) is 15.6. The van der Waals surface area contributed by atoms with Crippen LogP contribution >= 0.6 is 0 Å². The van der Waals surface area contributed by atoms with Gasteiger partial charge in [-0.1, -0.05) is 6.92 Å². The molecule has 1 aromatic heterocycles. The number of nitrogens with one attached hydrogen (secondary N) is 1. The molecule has 0 saturated heterocycles. The highest BCUT2D eigenvalue weighted by Gasteiger charge is 2.09. The van der Waals surface area contributed by atoms with Crippen molar-refractivity contribution in [3.8, 4) is 0 Å². The Balaban J connectivity index is 2.79. The predicted molar refractivity (Wildman–Crippen MR) is 58.9 cm³/mol. The Hall–Kier alpha value is -1.36. The van der Waals surface area contributed by atoms with Gasteiger partial charge in [0.25, 0.3) is 5.56 Å². The van der Waals surface area contributed by atoms with Crippen LogP contribution in [0.2, 0.25) is 0 Å².